The molecule has 1 aromatic rings. The van der Waals surface area contributed by atoms with Gasteiger partial charge in [0.25, 0.3) is 9.05 Å². The van der Waals surface area contributed by atoms with Gasteiger partial charge >= 0.3 is 0 Å². The predicted molar refractivity (Wildman–Crippen MR) is 52.9 cm³/mol. The van der Waals surface area contributed by atoms with E-state index in [4.69, 9.17) is 10.7 Å². The van der Waals surface area contributed by atoms with E-state index in [1.54, 1.807) is 11.7 Å². The standard InChI is InChI=1S/C8H11ClN2O2S/c1-11-7-5-3-2-4-6(7)8(10-11)14(9,12)13/h2-5H2,1H3. The third kappa shape index (κ3) is 1.54. The minimum absolute atomic E-state index is 0.0522. The van der Waals surface area contributed by atoms with Crippen LogP contribution in [0.4, 0.5) is 0 Å². The normalized spacial score (nSPS) is 16.7. The molecule has 1 heterocycles. The molecule has 1 aliphatic carbocycles. The molecule has 0 saturated carbocycles. The zero-order chi connectivity index (χ0) is 10.3. The van der Waals surface area contributed by atoms with Gasteiger partial charge in [0.1, 0.15) is 0 Å². The van der Waals surface area contributed by atoms with Gasteiger partial charge in [0, 0.05) is 29.0 Å². The van der Waals surface area contributed by atoms with E-state index >= 15 is 0 Å². The van der Waals surface area contributed by atoms with Crippen LogP contribution in [0.15, 0.2) is 5.03 Å². The molecule has 0 unspecified atom stereocenters. The van der Waals surface area contributed by atoms with Crippen molar-refractivity contribution in [2.75, 3.05) is 0 Å². The summed E-state index contributed by atoms with van der Waals surface area (Å²) in [6.07, 6.45) is 3.77. The lowest BCUT2D eigenvalue weighted by Gasteiger charge is -2.11. The first-order valence-corrected chi connectivity index (χ1v) is 6.80. The van der Waals surface area contributed by atoms with Gasteiger partial charge in [-0.2, -0.15) is 5.10 Å². The number of rotatable bonds is 1. The molecule has 0 aliphatic heterocycles. The zero-order valence-corrected chi connectivity index (χ0v) is 9.40. The van der Waals surface area contributed by atoms with Crippen LogP contribution >= 0.6 is 10.7 Å². The van der Waals surface area contributed by atoms with Gasteiger partial charge in [0.05, 0.1) is 0 Å². The highest BCUT2D eigenvalue weighted by Crippen LogP contribution is 2.28. The fraction of sp³-hybridized carbons (Fsp3) is 0.625. The molecule has 0 aromatic carbocycles. The summed E-state index contributed by atoms with van der Waals surface area (Å²) in [5, 5.41) is 4.01. The van der Waals surface area contributed by atoms with E-state index in [-0.39, 0.29) is 5.03 Å². The molecule has 0 radical (unpaired) electrons. The van der Waals surface area contributed by atoms with E-state index < -0.39 is 9.05 Å². The summed E-state index contributed by atoms with van der Waals surface area (Å²) in [6.45, 7) is 0. The molecule has 0 bridgehead atoms. The predicted octanol–water partition coefficient (Wildman–Crippen LogP) is 1.23. The van der Waals surface area contributed by atoms with Crippen LogP contribution in [0.1, 0.15) is 24.1 Å². The largest absolute Gasteiger partial charge is 0.280 e. The van der Waals surface area contributed by atoms with Crippen LogP contribution in [-0.4, -0.2) is 18.2 Å². The first kappa shape index (κ1) is 9.98. The SMILES string of the molecule is Cn1nc(S(=O)(=O)Cl)c2c1CCCC2. The molecule has 2 rings (SSSR count). The number of aryl methyl sites for hydroxylation is 1. The van der Waals surface area contributed by atoms with Crippen molar-refractivity contribution >= 4 is 19.7 Å². The average molecular weight is 235 g/mol. The number of hydrogen-bond acceptors (Lipinski definition) is 3. The smallest absolute Gasteiger partial charge is 0.271 e. The Labute approximate surface area is 87.3 Å². The van der Waals surface area contributed by atoms with Gasteiger partial charge in [-0.1, -0.05) is 0 Å². The Morgan fingerprint density at radius 2 is 2.00 bits per heavy atom. The lowest BCUT2D eigenvalue weighted by Crippen LogP contribution is -2.06. The minimum Gasteiger partial charge on any atom is -0.271 e. The van der Waals surface area contributed by atoms with Crippen LogP contribution in [0.25, 0.3) is 0 Å². The molecule has 0 spiro atoms. The maximum atomic E-state index is 11.2. The van der Waals surface area contributed by atoms with Crippen molar-refractivity contribution in [3.05, 3.63) is 11.3 Å². The molecule has 1 aliphatic rings. The van der Waals surface area contributed by atoms with Crippen molar-refractivity contribution < 1.29 is 8.42 Å². The number of nitrogens with zero attached hydrogens (tertiary/aromatic N) is 2. The van der Waals surface area contributed by atoms with Crippen molar-refractivity contribution in [1.29, 1.82) is 0 Å². The second-order valence-corrected chi connectivity index (χ2v) is 5.98. The molecule has 4 nitrogen and oxygen atoms in total. The summed E-state index contributed by atoms with van der Waals surface area (Å²) in [5.41, 5.74) is 1.82. The summed E-state index contributed by atoms with van der Waals surface area (Å²) in [6, 6.07) is 0. The molecule has 0 fully saturated rings. The third-order valence-corrected chi connectivity index (χ3v) is 3.79. The molecule has 1 aromatic heterocycles. The van der Waals surface area contributed by atoms with E-state index in [2.05, 4.69) is 5.10 Å². The quantitative estimate of drug-likeness (QED) is 0.687. The highest BCUT2D eigenvalue weighted by atomic mass is 35.7. The molecule has 14 heavy (non-hydrogen) atoms. The van der Waals surface area contributed by atoms with Gasteiger partial charge in [-0.25, -0.2) is 8.42 Å². The molecular weight excluding hydrogens is 224 g/mol. The topological polar surface area (TPSA) is 52.0 Å². The Kier molecular flexibility index (Phi) is 2.31. The average Bonchev–Trinajstić information content (AvgIpc) is 2.44. The lowest BCUT2D eigenvalue weighted by atomic mass is 9.98. The van der Waals surface area contributed by atoms with Crippen LogP contribution in [0.2, 0.25) is 0 Å². The number of halogens is 1. The van der Waals surface area contributed by atoms with Crippen LogP contribution < -0.4 is 0 Å². The second kappa shape index (κ2) is 3.24. The van der Waals surface area contributed by atoms with Gasteiger partial charge in [-0.05, 0) is 25.7 Å². The summed E-state index contributed by atoms with van der Waals surface area (Å²) in [5.74, 6) is 0. The summed E-state index contributed by atoms with van der Waals surface area (Å²) in [4.78, 5) is 0. The van der Waals surface area contributed by atoms with E-state index in [9.17, 15) is 8.42 Å². The summed E-state index contributed by atoms with van der Waals surface area (Å²) in [7, 11) is 3.38. The fourth-order valence-corrected chi connectivity index (χ4v) is 3.04. The summed E-state index contributed by atoms with van der Waals surface area (Å²) >= 11 is 0. The third-order valence-electron chi connectivity index (χ3n) is 2.56. The Morgan fingerprint density at radius 3 is 2.64 bits per heavy atom. The second-order valence-electron chi connectivity index (χ2n) is 3.50. The van der Waals surface area contributed by atoms with Gasteiger partial charge in [0.15, 0.2) is 5.03 Å². The number of fused-ring (bicyclic) bond motifs is 1. The van der Waals surface area contributed by atoms with Crippen molar-refractivity contribution in [3.63, 3.8) is 0 Å². The van der Waals surface area contributed by atoms with E-state index in [1.807, 2.05) is 0 Å². The van der Waals surface area contributed by atoms with Crippen molar-refractivity contribution in [1.82, 2.24) is 9.78 Å². The Bertz CT molecular complexity index is 464. The first-order chi connectivity index (χ1) is 6.50. The van der Waals surface area contributed by atoms with Crippen molar-refractivity contribution in [3.8, 4) is 0 Å². The number of hydrogen-bond donors (Lipinski definition) is 0. The molecule has 0 saturated heterocycles. The fourth-order valence-electron chi connectivity index (χ4n) is 1.93. The van der Waals surface area contributed by atoms with E-state index in [0.29, 0.717) is 0 Å². The maximum absolute atomic E-state index is 11.2. The van der Waals surface area contributed by atoms with Crippen LogP contribution in [-0.2, 0) is 28.9 Å². The van der Waals surface area contributed by atoms with Crippen LogP contribution in [0.5, 0.6) is 0 Å². The minimum atomic E-state index is -3.68. The van der Waals surface area contributed by atoms with E-state index in [0.717, 1.165) is 36.9 Å². The Hall–Kier alpha value is -0.550. The molecule has 78 valence electrons. The Morgan fingerprint density at radius 1 is 1.36 bits per heavy atom. The number of aromatic nitrogens is 2. The van der Waals surface area contributed by atoms with Crippen LogP contribution in [0, 0.1) is 0 Å². The van der Waals surface area contributed by atoms with Crippen molar-refractivity contribution in [2.45, 2.75) is 30.7 Å². The van der Waals surface area contributed by atoms with Gasteiger partial charge in [-0.15, -0.1) is 0 Å². The van der Waals surface area contributed by atoms with Gasteiger partial charge < -0.3 is 0 Å². The molecule has 6 heteroatoms. The van der Waals surface area contributed by atoms with Gasteiger partial charge in [0.2, 0.25) is 0 Å². The molecular formula is C8H11ClN2O2S. The van der Waals surface area contributed by atoms with Crippen LogP contribution in [0.3, 0.4) is 0 Å². The highest BCUT2D eigenvalue weighted by molar-refractivity contribution is 8.13. The monoisotopic (exact) mass is 234 g/mol. The first-order valence-electron chi connectivity index (χ1n) is 4.49. The molecule has 0 atom stereocenters. The maximum Gasteiger partial charge on any atom is 0.280 e. The van der Waals surface area contributed by atoms with Gasteiger partial charge in [-0.3, -0.25) is 4.68 Å². The zero-order valence-electron chi connectivity index (χ0n) is 7.83. The molecule has 0 amide bonds. The van der Waals surface area contributed by atoms with E-state index in [1.165, 1.54) is 0 Å². The summed E-state index contributed by atoms with van der Waals surface area (Å²) < 4.78 is 24.0. The highest BCUT2D eigenvalue weighted by Gasteiger charge is 2.26. The Balaban J connectivity index is 2.64. The molecule has 0 N–H and O–H groups in total. The van der Waals surface area contributed by atoms with Crippen molar-refractivity contribution in [2.24, 2.45) is 7.05 Å². The lowest BCUT2D eigenvalue weighted by molar-refractivity contribution is 0.600.